The predicted molar refractivity (Wildman–Crippen MR) is 109 cm³/mol. The molecule has 2 aliphatic heterocycles. The Morgan fingerprint density at radius 1 is 1.00 bits per heavy atom. The third kappa shape index (κ3) is 2.24. The zero-order chi connectivity index (χ0) is 18.9. The van der Waals surface area contributed by atoms with Crippen LogP contribution in [0.3, 0.4) is 0 Å². The van der Waals surface area contributed by atoms with Crippen molar-refractivity contribution in [3.63, 3.8) is 0 Å². The first-order valence-electron chi connectivity index (χ1n) is 8.36. The van der Waals surface area contributed by atoms with Crippen LogP contribution in [-0.4, -0.2) is 11.7 Å². The molecule has 4 nitrogen and oxygen atoms in total. The number of rotatable bonds is 1. The molecule has 0 spiro atoms. The maximum absolute atomic E-state index is 12.7. The summed E-state index contributed by atoms with van der Waals surface area (Å²) >= 11 is 5.97. The second-order valence-corrected chi connectivity index (χ2v) is 9.56. The zero-order valence-corrected chi connectivity index (χ0v) is 16.8. The molecule has 0 unspecified atom stereocenters. The van der Waals surface area contributed by atoms with E-state index in [0.717, 1.165) is 26.4 Å². The van der Waals surface area contributed by atoms with Gasteiger partial charge in [0.15, 0.2) is 0 Å². The van der Waals surface area contributed by atoms with Crippen molar-refractivity contribution < 1.29 is 9.59 Å². The van der Waals surface area contributed by atoms with Crippen molar-refractivity contribution >= 4 is 55.3 Å². The van der Waals surface area contributed by atoms with Crippen molar-refractivity contribution in [1.29, 1.82) is 0 Å². The minimum Gasteiger partial charge on any atom is -0.294 e. The Bertz CT molecular complexity index is 1210. The van der Waals surface area contributed by atoms with Crippen LogP contribution in [0.4, 0.5) is 11.4 Å². The van der Waals surface area contributed by atoms with Crippen molar-refractivity contribution in [1.82, 2.24) is 0 Å². The number of anilines is 1. The molecule has 0 bridgehead atoms. The second-order valence-electron chi connectivity index (χ2n) is 6.99. The molecule has 2 aromatic carbocycles. The lowest BCUT2D eigenvalue weighted by Gasteiger charge is -2.39. The van der Waals surface area contributed by atoms with Crippen molar-refractivity contribution in [3.8, 4) is 11.1 Å². The number of amides is 1. The number of halogens is 1. The Kier molecular flexibility index (Phi) is 3.50. The standard InChI is InChI=1S/C20H13ClN2O2S2/c1-20(2)17-14(18(27-26-17)22-11-8-6-10(21)7-9-11)12-4-3-5-13-15(12)23(20)19(25)16(13)24/h3-9H,1-2H3. The molecule has 7 heteroatoms. The molecule has 0 saturated heterocycles. The van der Waals surface area contributed by atoms with Crippen LogP contribution >= 0.6 is 32.3 Å². The Morgan fingerprint density at radius 3 is 2.44 bits per heavy atom. The van der Waals surface area contributed by atoms with Gasteiger partial charge in [0.05, 0.1) is 27.4 Å². The lowest BCUT2D eigenvalue weighted by atomic mass is 9.88. The van der Waals surface area contributed by atoms with Crippen molar-refractivity contribution in [3.05, 3.63) is 62.6 Å². The van der Waals surface area contributed by atoms with Crippen LogP contribution in [0.15, 0.2) is 47.5 Å². The molecular formula is C20H13ClN2O2S2. The number of carbonyl (C=O) groups is 2. The molecule has 3 aromatic rings. The molecule has 0 aliphatic carbocycles. The van der Waals surface area contributed by atoms with Crippen LogP contribution < -0.4 is 9.57 Å². The average Bonchev–Trinajstić information content (AvgIpc) is 3.17. The van der Waals surface area contributed by atoms with Gasteiger partial charge in [0.25, 0.3) is 11.7 Å². The van der Waals surface area contributed by atoms with Crippen LogP contribution in [0, 0.1) is 0 Å². The molecule has 0 radical (unpaired) electrons. The average molecular weight is 413 g/mol. The van der Waals surface area contributed by atoms with E-state index in [1.54, 1.807) is 31.6 Å². The van der Waals surface area contributed by atoms with Crippen molar-refractivity contribution in [2.45, 2.75) is 19.4 Å². The van der Waals surface area contributed by atoms with E-state index in [-0.39, 0.29) is 0 Å². The number of fused-ring (bicyclic) bond motifs is 2. The van der Waals surface area contributed by atoms with Gasteiger partial charge in [-0.25, -0.2) is 4.99 Å². The molecule has 5 rings (SSSR count). The van der Waals surface area contributed by atoms with E-state index < -0.39 is 17.2 Å². The van der Waals surface area contributed by atoms with E-state index in [9.17, 15) is 9.59 Å². The quantitative estimate of drug-likeness (QED) is 0.410. The largest absolute Gasteiger partial charge is 0.300 e. The van der Waals surface area contributed by atoms with Gasteiger partial charge in [0.1, 0.15) is 4.67 Å². The highest BCUT2D eigenvalue weighted by atomic mass is 35.5. The SMILES string of the molecule is CC1(C)c2ssc(=Nc3ccc(Cl)cc3)c2-c2cccc3c2N1C(=O)C3=O. The van der Waals surface area contributed by atoms with Gasteiger partial charge in [0.2, 0.25) is 0 Å². The van der Waals surface area contributed by atoms with Gasteiger partial charge < -0.3 is 0 Å². The number of carbonyl (C=O) groups excluding carboxylic acids is 2. The lowest BCUT2D eigenvalue weighted by Crippen LogP contribution is -2.46. The van der Waals surface area contributed by atoms with Crippen LogP contribution in [0.2, 0.25) is 5.02 Å². The monoisotopic (exact) mass is 412 g/mol. The van der Waals surface area contributed by atoms with Gasteiger partial charge in [-0.2, -0.15) is 0 Å². The van der Waals surface area contributed by atoms with Crippen LogP contribution in [0.5, 0.6) is 0 Å². The maximum Gasteiger partial charge on any atom is 0.300 e. The van der Waals surface area contributed by atoms with Crippen LogP contribution in [0.25, 0.3) is 11.1 Å². The summed E-state index contributed by atoms with van der Waals surface area (Å²) in [5.41, 5.74) is 3.31. The first kappa shape index (κ1) is 16.9. The predicted octanol–water partition coefficient (Wildman–Crippen LogP) is 5.14. The molecule has 1 amide bonds. The Hall–Kier alpha value is -2.28. The Labute approximate surface area is 167 Å². The molecule has 27 heavy (non-hydrogen) atoms. The summed E-state index contributed by atoms with van der Waals surface area (Å²) in [5.74, 6) is -0.891. The zero-order valence-electron chi connectivity index (χ0n) is 14.4. The molecule has 2 aliphatic rings. The number of ketones is 1. The summed E-state index contributed by atoms with van der Waals surface area (Å²) in [6.45, 7) is 3.97. The molecular weight excluding hydrogens is 400 g/mol. The summed E-state index contributed by atoms with van der Waals surface area (Å²) in [5, 5.41) is 0.666. The van der Waals surface area contributed by atoms with Gasteiger partial charge in [-0.1, -0.05) is 44.4 Å². The van der Waals surface area contributed by atoms with Gasteiger partial charge in [-0.15, -0.1) is 0 Å². The topological polar surface area (TPSA) is 49.7 Å². The van der Waals surface area contributed by atoms with Gasteiger partial charge in [-0.3, -0.25) is 14.5 Å². The van der Waals surface area contributed by atoms with Gasteiger partial charge in [0, 0.05) is 16.1 Å². The highest BCUT2D eigenvalue weighted by Gasteiger charge is 2.50. The highest BCUT2D eigenvalue weighted by molar-refractivity contribution is 7.68. The van der Waals surface area contributed by atoms with Crippen molar-refractivity contribution in [2.75, 3.05) is 4.90 Å². The smallest absolute Gasteiger partial charge is 0.294 e. The number of para-hydroxylation sites is 1. The first-order chi connectivity index (χ1) is 12.9. The first-order valence-corrected chi connectivity index (χ1v) is 10.9. The van der Waals surface area contributed by atoms with Gasteiger partial charge >= 0.3 is 0 Å². The van der Waals surface area contributed by atoms with E-state index in [2.05, 4.69) is 0 Å². The van der Waals surface area contributed by atoms with Crippen LogP contribution in [0.1, 0.15) is 29.1 Å². The number of hydrogen-bond donors (Lipinski definition) is 0. The molecule has 0 N–H and O–H groups in total. The number of Topliss-reactive ketones (excluding diaryl/α,β-unsaturated/α-hetero) is 1. The lowest BCUT2D eigenvalue weighted by molar-refractivity contribution is -0.115. The fraction of sp³-hybridized carbons (Fsp3) is 0.150. The van der Waals surface area contributed by atoms with Crippen LogP contribution in [-0.2, 0) is 10.3 Å². The van der Waals surface area contributed by atoms with Gasteiger partial charge in [-0.05, 0) is 44.2 Å². The summed E-state index contributed by atoms with van der Waals surface area (Å²) < 4.78 is 0.880. The summed E-state index contributed by atoms with van der Waals surface area (Å²) in [7, 11) is 3.19. The minimum atomic E-state index is -0.601. The highest BCUT2D eigenvalue weighted by Crippen LogP contribution is 2.53. The summed E-state index contributed by atoms with van der Waals surface area (Å²) in [4.78, 5) is 32.7. The molecule has 3 heterocycles. The maximum atomic E-state index is 12.7. The third-order valence-electron chi connectivity index (χ3n) is 4.99. The molecule has 1 aromatic heterocycles. The van der Waals surface area contributed by atoms with E-state index in [1.165, 1.54) is 0 Å². The van der Waals surface area contributed by atoms with E-state index in [1.807, 2.05) is 50.2 Å². The number of nitrogens with zero attached hydrogens (tertiary/aromatic N) is 2. The molecule has 0 atom stereocenters. The Balaban J connectivity index is 1.83. The third-order valence-corrected chi connectivity index (χ3v) is 7.87. The number of hydrogen-bond acceptors (Lipinski definition) is 5. The Morgan fingerprint density at radius 2 is 1.70 bits per heavy atom. The summed E-state index contributed by atoms with van der Waals surface area (Å²) in [6.07, 6.45) is 0. The fourth-order valence-corrected chi connectivity index (χ4v) is 6.82. The molecule has 0 saturated carbocycles. The molecule has 134 valence electrons. The second kappa shape index (κ2) is 5.61. The van der Waals surface area contributed by atoms with E-state index in [4.69, 9.17) is 16.6 Å². The van der Waals surface area contributed by atoms with E-state index >= 15 is 0 Å². The minimum absolute atomic E-state index is 0.435. The fourth-order valence-electron chi connectivity index (χ4n) is 3.74. The van der Waals surface area contributed by atoms with E-state index in [0.29, 0.717) is 16.3 Å². The van der Waals surface area contributed by atoms with Crippen molar-refractivity contribution in [2.24, 2.45) is 4.99 Å². The normalized spacial score (nSPS) is 17.3. The number of benzene rings is 2. The molecule has 0 fully saturated rings. The summed E-state index contributed by atoms with van der Waals surface area (Å²) in [6, 6.07) is 12.9.